The molecule has 0 aliphatic carbocycles. The number of benzene rings is 1. The fourth-order valence-electron chi connectivity index (χ4n) is 2.02. The summed E-state index contributed by atoms with van der Waals surface area (Å²) in [6.07, 6.45) is 6.90. The Hall–Kier alpha value is -2.28. The van der Waals surface area contributed by atoms with Gasteiger partial charge >= 0.3 is 16.0 Å². The SMILES string of the molecule is CCS(=O)(=O)O[N+]1=C2c3ccccc3C=CN2NC=C1. The summed E-state index contributed by atoms with van der Waals surface area (Å²) in [5.41, 5.74) is 4.89. The molecule has 2 aliphatic rings. The summed E-state index contributed by atoms with van der Waals surface area (Å²) in [6, 6.07) is 7.70. The van der Waals surface area contributed by atoms with Gasteiger partial charge in [0.05, 0.1) is 17.5 Å². The molecule has 2 heterocycles. The third-order valence-electron chi connectivity index (χ3n) is 3.01. The number of hydrogen-bond donors (Lipinski definition) is 1. The maximum absolute atomic E-state index is 11.7. The molecular weight excluding hydrogens is 278 g/mol. The fraction of sp³-hybridized carbons (Fsp3) is 0.154. The number of hydroxylamine groups is 1. The van der Waals surface area contributed by atoms with Gasteiger partial charge in [0, 0.05) is 0 Å². The van der Waals surface area contributed by atoms with E-state index in [0.717, 1.165) is 11.1 Å². The number of hydrogen-bond acceptors (Lipinski definition) is 5. The second kappa shape index (κ2) is 4.68. The first-order valence-electron chi connectivity index (χ1n) is 6.19. The normalized spacial score (nSPS) is 16.6. The standard InChI is InChI=1S/C13H14N3O3S/c1-2-20(17,18)19-16-10-8-14-15-9-7-11-5-3-4-6-12(11)13(15)16/h3-10,14H,2H2,1H3/q+1. The number of rotatable bonds is 3. The number of nitrogens with zero attached hydrogens (tertiary/aromatic N) is 2. The van der Waals surface area contributed by atoms with Crippen LogP contribution < -0.4 is 5.43 Å². The quantitative estimate of drug-likeness (QED) is 0.842. The molecule has 0 aromatic heterocycles. The van der Waals surface area contributed by atoms with Crippen molar-refractivity contribution in [3.05, 3.63) is 54.0 Å². The number of nitrogens with one attached hydrogen (secondary N) is 1. The molecule has 0 radical (unpaired) electrons. The summed E-state index contributed by atoms with van der Waals surface area (Å²) in [6.45, 7) is 1.54. The van der Waals surface area contributed by atoms with Crippen LogP contribution in [0.5, 0.6) is 0 Å². The number of amidine groups is 1. The fourth-order valence-corrected chi connectivity index (χ4v) is 2.49. The van der Waals surface area contributed by atoms with Crippen LogP contribution in [-0.4, -0.2) is 29.8 Å². The third kappa shape index (κ3) is 2.16. The predicted octanol–water partition coefficient (Wildman–Crippen LogP) is 1.00. The van der Waals surface area contributed by atoms with Crippen LogP contribution in [0.4, 0.5) is 0 Å². The van der Waals surface area contributed by atoms with Crippen LogP contribution in [0.25, 0.3) is 6.08 Å². The third-order valence-corrected chi connectivity index (χ3v) is 4.11. The molecule has 3 rings (SSSR count). The van der Waals surface area contributed by atoms with Gasteiger partial charge in [-0.1, -0.05) is 18.2 Å². The highest BCUT2D eigenvalue weighted by Crippen LogP contribution is 2.20. The predicted molar refractivity (Wildman–Crippen MR) is 74.5 cm³/mol. The Kier molecular flexibility index (Phi) is 2.98. The Balaban J connectivity index is 2.14. The molecular formula is C13H14N3O3S+. The highest BCUT2D eigenvalue weighted by atomic mass is 32.2. The van der Waals surface area contributed by atoms with Crippen molar-refractivity contribution in [2.75, 3.05) is 5.75 Å². The second-order valence-electron chi connectivity index (χ2n) is 4.29. The van der Waals surface area contributed by atoms with Gasteiger partial charge in [0.25, 0.3) is 0 Å². The van der Waals surface area contributed by atoms with Crippen molar-refractivity contribution in [1.82, 2.24) is 10.4 Å². The molecule has 0 bridgehead atoms. The molecule has 0 unspecified atom stereocenters. The Morgan fingerprint density at radius 3 is 2.95 bits per heavy atom. The molecule has 1 N–H and O–H groups in total. The summed E-state index contributed by atoms with van der Waals surface area (Å²) < 4.78 is 29.8. The van der Waals surface area contributed by atoms with Crippen LogP contribution in [-0.2, 0) is 14.4 Å². The lowest BCUT2D eigenvalue weighted by Crippen LogP contribution is -2.45. The van der Waals surface area contributed by atoms with Crippen molar-refractivity contribution < 1.29 is 17.4 Å². The first-order valence-corrected chi connectivity index (χ1v) is 7.76. The zero-order chi connectivity index (χ0) is 14.2. The molecule has 1 aromatic rings. The summed E-state index contributed by atoms with van der Waals surface area (Å²) in [4.78, 5) is 0. The summed E-state index contributed by atoms with van der Waals surface area (Å²) in [7, 11) is -3.60. The van der Waals surface area contributed by atoms with Gasteiger partial charge in [-0.05, 0) is 29.4 Å². The van der Waals surface area contributed by atoms with Crippen LogP contribution in [0.2, 0.25) is 0 Å². The van der Waals surface area contributed by atoms with Gasteiger partial charge in [-0.3, -0.25) is 0 Å². The zero-order valence-electron chi connectivity index (χ0n) is 10.9. The molecule has 20 heavy (non-hydrogen) atoms. The van der Waals surface area contributed by atoms with Gasteiger partial charge in [-0.25, -0.2) is 9.71 Å². The lowest BCUT2D eigenvalue weighted by molar-refractivity contribution is -0.697. The van der Waals surface area contributed by atoms with E-state index in [1.165, 1.54) is 10.9 Å². The maximum atomic E-state index is 11.7. The van der Waals surface area contributed by atoms with E-state index in [-0.39, 0.29) is 5.75 Å². The Labute approximate surface area is 117 Å². The van der Waals surface area contributed by atoms with Crippen LogP contribution in [0.15, 0.2) is 42.9 Å². The molecule has 2 aliphatic heterocycles. The summed E-state index contributed by atoms with van der Waals surface area (Å²) >= 11 is 0. The van der Waals surface area contributed by atoms with Crippen molar-refractivity contribution in [1.29, 1.82) is 0 Å². The van der Waals surface area contributed by atoms with Crippen molar-refractivity contribution >= 4 is 22.0 Å². The van der Waals surface area contributed by atoms with Gasteiger partial charge in [0.1, 0.15) is 6.20 Å². The molecule has 0 amide bonds. The first-order chi connectivity index (χ1) is 9.61. The highest BCUT2D eigenvalue weighted by Gasteiger charge is 2.33. The van der Waals surface area contributed by atoms with E-state index in [2.05, 4.69) is 5.43 Å². The number of hydrazine groups is 1. The van der Waals surface area contributed by atoms with Crippen molar-refractivity contribution in [3.63, 3.8) is 0 Å². The Morgan fingerprint density at radius 2 is 2.15 bits per heavy atom. The molecule has 0 saturated carbocycles. The monoisotopic (exact) mass is 292 g/mol. The lowest BCUT2D eigenvalue weighted by Gasteiger charge is -2.22. The minimum atomic E-state index is -3.60. The van der Waals surface area contributed by atoms with Gasteiger partial charge in [-0.15, -0.1) is 5.01 Å². The van der Waals surface area contributed by atoms with Crippen molar-refractivity contribution in [2.24, 2.45) is 0 Å². The largest absolute Gasteiger partial charge is 0.353 e. The molecule has 0 spiro atoms. The molecule has 1 aromatic carbocycles. The molecule has 0 saturated heterocycles. The van der Waals surface area contributed by atoms with Gasteiger partial charge in [-0.2, -0.15) is 8.42 Å². The second-order valence-corrected chi connectivity index (χ2v) is 6.13. The summed E-state index contributed by atoms with van der Waals surface area (Å²) in [5.74, 6) is 0.526. The minimum Gasteiger partial charge on any atom is -0.227 e. The van der Waals surface area contributed by atoms with E-state index in [0.29, 0.717) is 5.84 Å². The molecule has 7 heteroatoms. The van der Waals surface area contributed by atoms with E-state index < -0.39 is 10.1 Å². The number of fused-ring (bicyclic) bond motifs is 3. The van der Waals surface area contributed by atoms with Crippen molar-refractivity contribution in [3.8, 4) is 0 Å². The topological polar surface area (TPSA) is 61.7 Å². The van der Waals surface area contributed by atoms with Gasteiger partial charge in [0.15, 0.2) is 6.20 Å². The smallest absolute Gasteiger partial charge is 0.227 e. The van der Waals surface area contributed by atoms with E-state index >= 15 is 0 Å². The Bertz CT molecular complexity index is 735. The maximum Gasteiger partial charge on any atom is 0.353 e. The summed E-state index contributed by atoms with van der Waals surface area (Å²) in [5, 5.41) is 1.70. The van der Waals surface area contributed by atoms with E-state index in [1.807, 2.05) is 36.5 Å². The molecule has 104 valence electrons. The van der Waals surface area contributed by atoms with Crippen LogP contribution >= 0.6 is 0 Å². The van der Waals surface area contributed by atoms with Crippen LogP contribution in [0.3, 0.4) is 0 Å². The minimum absolute atomic E-state index is 0.0878. The van der Waals surface area contributed by atoms with Crippen LogP contribution in [0, 0.1) is 0 Å². The van der Waals surface area contributed by atoms with E-state index in [4.69, 9.17) is 4.28 Å². The molecule has 0 atom stereocenters. The van der Waals surface area contributed by atoms with Gasteiger partial charge < -0.3 is 0 Å². The van der Waals surface area contributed by atoms with E-state index in [1.54, 1.807) is 18.1 Å². The average molecular weight is 292 g/mol. The zero-order valence-corrected chi connectivity index (χ0v) is 11.7. The van der Waals surface area contributed by atoms with Gasteiger partial charge in [0.2, 0.25) is 0 Å². The first kappa shape index (κ1) is 12.7. The van der Waals surface area contributed by atoms with E-state index in [9.17, 15) is 8.42 Å². The molecule has 0 fully saturated rings. The Morgan fingerprint density at radius 1 is 1.35 bits per heavy atom. The van der Waals surface area contributed by atoms with Crippen LogP contribution in [0.1, 0.15) is 18.1 Å². The molecule has 6 nitrogen and oxygen atoms in total. The van der Waals surface area contributed by atoms with Crippen molar-refractivity contribution in [2.45, 2.75) is 6.92 Å². The highest BCUT2D eigenvalue weighted by molar-refractivity contribution is 7.86. The average Bonchev–Trinajstić information content (AvgIpc) is 2.47. The lowest BCUT2D eigenvalue weighted by atomic mass is 10.0.